The fourth-order valence-corrected chi connectivity index (χ4v) is 6.10. The highest BCUT2D eigenvalue weighted by Gasteiger charge is 2.54. The van der Waals surface area contributed by atoms with Crippen LogP contribution in [0.5, 0.6) is 0 Å². The number of rotatable bonds is 6. The van der Waals surface area contributed by atoms with Gasteiger partial charge in [0.05, 0.1) is 12.5 Å². The molecule has 0 aromatic rings. The van der Waals surface area contributed by atoms with Crippen molar-refractivity contribution in [2.45, 2.75) is 76.4 Å². The average molecular weight is 318 g/mol. The first-order valence-corrected chi connectivity index (χ1v) is 9.66. The van der Waals surface area contributed by atoms with Crippen molar-refractivity contribution in [1.29, 1.82) is 0 Å². The van der Waals surface area contributed by atoms with E-state index < -0.39 is 6.10 Å². The molecule has 3 fully saturated rings. The molecule has 128 valence electrons. The van der Waals surface area contributed by atoms with Crippen LogP contribution in [-0.2, 0) is 9.53 Å². The van der Waals surface area contributed by atoms with E-state index in [1.165, 1.54) is 25.7 Å². The number of carbonyl (C=O) groups excluding carboxylic acids is 1. The van der Waals surface area contributed by atoms with Crippen molar-refractivity contribution in [3.05, 3.63) is 12.2 Å². The first kappa shape index (κ1) is 15.7. The molecular formula is C20H30O3. The zero-order valence-electron chi connectivity index (χ0n) is 14.2. The van der Waals surface area contributed by atoms with Gasteiger partial charge >= 0.3 is 5.97 Å². The minimum Gasteiger partial charge on any atom is -0.459 e. The molecule has 0 aliphatic heterocycles. The minimum absolute atomic E-state index is 0.169. The molecule has 4 aliphatic rings. The van der Waals surface area contributed by atoms with Crippen LogP contribution >= 0.6 is 0 Å². The first-order valence-electron chi connectivity index (χ1n) is 9.66. The Morgan fingerprint density at radius 1 is 1.35 bits per heavy atom. The molecule has 3 heteroatoms. The maximum Gasteiger partial charge on any atom is 0.308 e. The molecule has 7 unspecified atom stereocenters. The molecule has 3 nitrogen and oxygen atoms in total. The molecule has 4 rings (SSSR count). The third kappa shape index (κ3) is 2.86. The summed E-state index contributed by atoms with van der Waals surface area (Å²) in [6.07, 6.45) is 13.1. The molecule has 23 heavy (non-hydrogen) atoms. The third-order valence-electron chi connectivity index (χ3n) is 7.18. The maximum absolute atomic E-state index is 12.4. The Bertz CT molecular complexity index is 499. The first-order chi connectivity index (χ1) is 11.1. The molecule has 0 saturated heterocycles. The van der Waals surface area contributed by atoms with E-state index in [1.54, 1.807) is 0 Å². The summed E-state index contributed by atoms with van der Waals surface area (Å²) in [6.45, 7) is 2.21. The van der Waals surface area contributed by atoms with Gasteiger partial charge in [0.2, 0.25) is 0 Å². The molecule has 0 spiro atoms. The normalized spacial score (nSPS) is 44.9. The van der Waals surface area contributed by atoms with E-state index in [-0.39, 0.29) is 18.0 Å². The topological polar surface area (TPSA) is 46.5 Å². The molecule has 0 aromatic heterocycles. The molecule has 0 aromatic carbocycles. The summed E-state index contributed by atoms with van der Waals surface area (Å²) in [5.74, 6) is 3.06. The van der Waals surface area contributed by atoms with Crippen LogP contribution in [0.1, 0.15) is 64.7 Å². The Morgan fingerprint density at radius 2 is 2.22 bits per heavy atom. The largest absolute Gasteiger partial charge is 0.459 e. The lowest BCUT2D eigenvalue weighted by Gasteiger charge is -2.34. The van der Waals surface area contributed by atoms with Gasteiger partial charge in [-0.15, -0.1) is 0 Å². The van der Waals surface area contributed by atoms with E-state index in [9.17, 15) is 9.90 Å². The molecule has 3 saturated carbocycles. The van der Waals surface area contributed by atoms with Gasteiger partial charge in [0, 0.05) is 0 Å². The smallest absolute Gasteiger partial charge is 0.308 e. The zero-order valence-corrected chi connectivity index (χ0v) is 14.2. The molecule has 1 N–H and O–H groups in total. The van der Waals surface area contributed by atoms with Gasteiger partial charge in [-0.2, -0.15) is 0 Å². The zero-order chi connectivity index (χ0) is 16.0. The van der Waals surface area contributed by atoms with E-state index in [0.717, 1.165) is 37.5 Å². The number of aliphatic hydroxyl groups excluding tert-OH is 1. The number of esters is 1. The summed E-state index contributed by atoms with van der Waals surface area (Å²) in [6, 6.07) is 0. The number of ether oxygens (including phenoxy) is 1. The van der Waals surface area contributed by atoms with Gasteiger partial charge in [0.25, 0.3) is 0 Å². The number of fused-ring (bicyclic) bond motifs is 4. The molecule has 0 radical (unpaired) electrons. The van der Waals surface area contributed by atoms with Crippen LogP contribution in [0.25, 0.3) is 0 Å². The molecule has 4 bridgehead atoms. The SMILES string of the molecule is CCC1CC2CCC1(OC(=O)CC(O)CC1CC3C=CC1C3)C2. The molecule has 0 amide bonds. The van der Waals surface area contributed by atoms with E-state index in [4.69, 9.17) is 4.74 Å². The summed E-state index contributed by atoms with van der Waals surface area (Å²) in [4.78, 5) is 12.4. The van der Waals surface area contributed by atoms with Gasteiger partial charge < -0.3 is 9.84 Å². The van der Waals surface area contributed by atoms with E-state index in [0.29, 0.717) is 17.8 Å². The number of carbonyl (C=O) groups is 1. The maximum atomic E-state index is 12.4. The summed E-state index contributed by atoms with van der Waals surface area (Å²) >= 11 is 0. The average Bonchev–Trinajstić information content (AvgIpc) is 3.25. The lowest BCUT2D eigenvalue weighted by atomic mass is 9.83. The van der Waals surface area contributed by atoms with Crippen LogP contribution in [0.15, 0.2) is 12.2 Å². The Hall–Kier alpha value is -0.830. The van der Waals surface area contributed by atoms with Crippen molar-refractivity contribution in [3.8, 4) is 0 Å². The Morgan fingerprint density at radius 3 is 2.87 bits per heavy atom. The predicted octanol–water partition coefficient (Wildman–Crippen LogP) is 3.85. The number of allylic oxidation sites excluding steroid dienone is 2. The van der Waals surface area contributed by atoms with Gasteiger partial charge in [-0.25, -0.2) is 0 Å². The Balaban J connectivity index is 1.29. The number of hydrogen-bond acceptors (Lipinski definition) is 3. The Kier molecular flexibility index (Phi) is 4.03. The third-order valence-corrected chi connectivity index (χ3v) is 7.18. The van der Waals surface area contributed by atoms with Crippen molar-refractivity contribution in [2.24, 2.45) is 29.6 Å². The van der Waals surface area contributed by atoms with Gasteiger partial charge in [0.1, 0.15) is 5.60 Å². The highest BCUT2D eigenvalue weighted by molar-refractivity contribution is 5.70. The summed E-state index contributed by atoms with van der Waals surface area (Å²) < 4.78 is 5.98. The van der Waals surface area contributed by atoms with Crippen LogP contribution in [0.2, 0.25) is 0 Å². The number of hydrogen-bond donors (Lipinski definition) is 1. The molecule has 7 atom stereocenters. The van der Waals surface area contributed by atoms with Gasteiger partial charge in [-0.1, -0.05) is 19.1 Å². The minimum atomic E-state index is -0.532. The quantitative estimate of drug-likeness (QED) is 0.597. The van der Waals surface area contributed by atoms with Crippen molar-refractivity contribution >= 4 is 5.97 Å². The van der Waals surface area contributed by atoms with Crippen LogP contribution < -0.4 is 0 Å². The number of aliphatic hydroxyl groups is 1. The summed E-state index contributed by atoms with van der Waals surface area (Å²) in [7, 11) is 0. The fraction of sp³-hybridized carbons (Fsp3) is 0.850. The standard InChI is InChI=1S/C20H30O3/c1-2-17-9-14-5-6-20(17,12-14)23-19(22)11-18(21)10-16-8-13-3-4-15(16)7-13/h3-4,13-18,21H,2,5-12H2,1H3. The fourth-order valence-electron chi connectivity index (χ4n) is 6.10. The van der Waals surface area contributed by atoms with Crippen molar-refractivity contribution in [2.75, 3.05) is 0 Å². The summed E-state index contributed by atoms with van der Waals surface area (Å²) in [5, 5.41) is 10.3. The molecule has 0 heterocycles. The van der Waals surface area contributed by atoms with Gasteiger partial charge in [0.15, 0.2) is 0 Å². The van der Waals surface area contributed by atoms with Gasteiger partial charge in [-0.3, -0.25) is 4.79 Å². The molecule has 4 aliphatic carbocycles. The lowest BCUT2D eigenvalue weighted by Crippen LogP contribution is -2.38. The van der Waals surface area contributed by atoms with E-state index >= 15 is 0 Å². The van der Waals surface area contributed by atoms with Crippen LogP contribution in [0, 0.1) is 29.6 Å². The molecular weight excluding hydrogens is 288 g/mol. The van der Waals surface area contributed by atoms with Crippen molar-refractivity contribution in [1.82, 2.24) is 0 Å². The van der Waals surface area contributed by atoms with Crippen LogP contribution in [-0.4, -0.2) is 22.8 Å². The van der Waals surface area contributed by atoms with Crippen molar-refractivity contribution < 1.29 is 14.6 Å². The Labute approximate surface area is 139 Å². The second kappa shape index (κ2) is 5.91. The predicted molar refractivity (Wildman–Crippen MR) is 88.6 cm³/mol. The van der Waals surface area contributed by atoms with Gasteiger partial charge in [-0.05, 0) is 81.0 Å². The second-order valence-electron chi connectivity index (χ2n) is 8.62. The second-order valence-corrected chi connectivity index (χ2v) is 8.62. The highest BCUT2D eigenvalue weighted by Crippen LogP contribution is 2.55. The van der Waals surface area contributed by atoms with Crippen LogP contribution in [0.4, 0.5) is 0 Å². The lowest BCUT2D eigenvalue weighted by molar-refractivity contribution is -0.166. The van der Waals surface area contributed by atoms with E-state index in [2.05, 4.69) is 19.1 Å². The van der Waals surface area contributed by atoms with Crippen LogP contribution in [0.3, 0.4) is 0 Å². The monoisotopic (exact) mass is 318 g/mol. The van der Waals surface area contributed by atoms with Crippen molar-refractivity contribution in [3.63, 3.8) is 0 Å². The van der Waals surface area contributed by atoms with E-state index in [1.807, 2.05) is 0 Å². The summed E-state index contributed by atoms with van der Waals surface area (Å²) in [5.41, 5.74) is -0.189. The highest BCUT2D eigenvalue weighted by atomic mass is 16.6.